The fraction of sp³-hybridized carbons (Fsp3) is 0. The van der Waals surface area contributed by atoms with Crippen LogP contribution in [0.1, 0.15) is 0 Å². The van der Waals surface area contributed by atoms with Gasteiger partial charge in [0.2, 0.25) is 0 Å². The second-order valence-corrected chi connectivity index (χ2v) is 11.6. The summed E-state index contributed by atoms with van der Waals surface area (Å²) in [6, 6.07) is 62.3. The molecule has 0 fully saturated rings. The molecule has 0 aliphatic carbocycles. The van der Waals surface area contributed by atoms with E-state index in [1.807, 2.05) is 0 Å². The van der Waals surface area contributed by atoms with Crippen molar-refractivity contribution in [2.24, 2.45) is 0 Å². The van der Waals surface area contributed by atoms with Crippen molar-refractivity contribution in [3.63, 3.8) is 0 Å². The van der Waals surface area contributed by atoms with Crippen LogP contribution in [-0.4, -0.2) is 0 Å². The summed E-state index contributed by atoms with van der Waals surface area (Å²) in [5, 5.41) is 12.8. The summed E-state index contributed by atoms with van der Waals surface area (Å²) in [6.07, 6.45) is 0. The van der Waals surface area contributed by atoms with Crippen molar-refractivity contribution >= 4 is 53.9 Å². The molecule has 0 bridgehead atoms. The van der Waals surface area contributed by atoms with Gasteiger partial charge in [-0.3, -0.25) is 0 Å². The predicted molar refractivity (Wildman–Crippen MR) is 190 cm³/mol. The van der Waals surface area contributed by atoms with Gasteiger partial charge in [0.25, 0.3) is 0 Å². The lowest BCUT2D eigenvalue weighted by atomic mass is 9.85. The Hall–Kier alpha value is -5.72. The van der Waals surface area contributed by atoms with Gasteiger partial charge in [0.1, 0.15) is 0 Å². The lowest BCUT2D eigenvalue weighted by molar-refractivity contribution is 1.66. The van der Waals surface area contributed by atoms with Gasteiger partial charge in [0.15, 0.2) is 0 Å². The molecule has 0 heterocycles. The van der Waals surface area contributed by atoms with Crippen LogP contribution in [0.2, 0.25) is 0 Å². The minimum Gasteiger partial charge on any atom is -0.0622 e. The summed E-state index contributed by atoms with van der Waals surface area (Å²) >= 11 is 0. The molecule has 0 atom stereocenters. The maximum Gasteiger partial charge on any atom is -0.00261 e. The first-order valence-electron chi connectivity index (χ1n) is 15.3. The van der Waals surface area contributed by atoms with E-state index < -0.39 is 0 Å². The molecular weight excluding hydrogens is 528 g/mol. The third-order valence-electron chi connectivity index (χ3n) is 9.22. The molecule has 0 nitrogen and oxygen atoms in total. The molecule has 0 N–H and O–H groups in total. The van der Waals surface area contributed by atoms with Gasteiger partial charge in [0.05, 0.1) is 0 Å². The van der Waals surface area contributed by atoms with Gasteiger partial charge in [0, 0.05) is 0 Å². The Morgan fingerprint density at radius 1 is 0.227 bits per heavy atom. The first-order valence-corrected chi connectivity index (χ1v) is 15.3. The zero-order valence-corrected chi connectivity index (χ0v) is 24.2. The highest BCUT2D eigenvalue weighted by molar-refractivity contribution is 6.23. The van der Waals surface area contributed by atoms with Crippen molar-refractivity contribution in [3.05, 3.63) is 170 Å². The van der Waals surface area contributed by atoms with Crippen LogP contribution < -0.4 is 0 Å². The van der Waals surface area contributed by atoms with E-state index in [-0.39, 0.29) is 0 Å². The van der Waals surface area contributed by atoms with Crippen LogP contribution in [0.25, 0.3) is 87.2 Å². The van der Waals surface area contributed by atoms with E-state index in [0.717, 1.165) is 0 Å². The largest absolute Gasteiger partial charge is 0.0622 e. The van der Waals surface area contributed by atoms with E-state index in [1.54, 1.807) is 0 Å². The minimum absolute atomic E-state index is 1.24. The first kappa shape index (κ1) is 24.8. The highest BCUT2D eigenvalue weighted by Gasteiger charge is 2.17. The van der Waals surface area contributed by atoms with Crippen molar-refractivity contribution in [2.75, 3.05) is 0 Å². The first-order chi connectivity index (χ1) is 21.8. The highest BCUT2D eigenvalue weighted by Crippen LogP contribution is 2.45. The second kappa shape index (κ2) is 9.93. The molecule has 0 aromatic heterocycles. The lowest BCUT2D eigenvalue weighted by Gasteiger charge is -2.18. The molecule has 0 amide bonds. The standard InChI is InChI=1S/C44H28/c1-2-14-30(15-3-1)43-37-20-8-10-22-39(37)44(40-23-11-9-21-38(40)43)32-26-25-31-27-42(36-19-7-6-18-35(36)41(31)28-32)34-24-12-16-29-13-4-5-17-33(29)34/h1-28H. The van der Waals surface area contributed by atoms with E-state index in [9.17, 15) is 0 Å². The van der Waals surface area contributed by atoms with Crippen molar-refractivity contribution < 1.29 is 0 Å². The molecule has 0 radical (unpaired) electrons. The smallest absolute Gasteiger partial charge is 0.00261 e. The maximum atomic E-state index is 2.42. The molecule has 0 heteroatoms. The Balaban J connectivity index is 1.35. The summed E-state index contributed by atoms with van der Waals surface area (Å²) in [7, 11) is 0. The quantitative estimate of drug-likeness (QED) is 0.150. The van der Waals surface area contributed by atoms with E-state index in [0.29, 0.717) is 0 Å². The summed E-state index contributed by atoms with van der Waals surface area (Å²) in [6.45, 7) is 0. The van der Waals surface area contributed by atoms with Gasteiger partial charge in [-0.1, -0.05) is 158 Å². The van der Waals surface area contributed by atoms with Crippen molar-refractivity contribution in [1.82, 2.24) is 0 Å². The van der Waals surface area contributed by atoms with Gasteiger partial charge in [-0.15, -0.1) is 0 Å². The van der Waals surface area contributed by atoms with Gasteiger partial charge >= 0.3 is 0 Å². The van der Waals surface area contributed by atoms with Gasteiger partial charge < -0.3 is 0 Å². The summed E-state index contributed by atoms with van der Waals surface area (Å²) < 4.78 is 0. The van der Waals surface area contributed by atoms with E-state index in [2.05, 4.69) is 170 Å². The van der Waals surface area contributed by atoms with Crippen LogP contribution in [-0.2, 0) is 0 Å². The van der Waals surface area contributed by atoms with E-state index >= 15 is 0 Å². The molecule has 0 spiro atoms. The van der Waals surface area contributed by atoms with Crippen LogP contribution >= 0.6 is 0 Å². The molecule has 0 aliphatic rings. The second-order valence-electron chi connectivity index (χ2n) is 11.6. The number of benzene rings is 9. The van der Waals surface area contributed by atoms with E-state index in [1.165, 1.54) is 87.2 Å². The third kappa shape index (κ3) is 3.78. The Labute approximate surface area is 256 Å². The van der Waals surface area contributed by atoms with Crippen molar-refractivity contribution in [2.45, 2.75) is 0 Å². The molecule has 9 aromatic carbocycles. The van der Waals surface area contributed by atoms with Crippen LogP contribution in [0.4, 0.5) is 0 Å². The number of rotatable bonds is 3. The van der Waals surface area contributed by atoms with Gasteiger partial charge in [-0.25, -0.2) is 0 Å². The zero-order valence-electron chi connectivity index (χ0n) is 24.2. The Bertz CT molecular complexity index is 2470. The Morgan fingerprint density at radius 3 is 1.43 bits per heavy atom. The predicted octanol–water partition coefficient (Wildman–Crippen LogP) is 12.5. The van der Waals surface area contributed by atoms with Crippen molar-refractivity contribution in [3.8, 4) is 33.4 Å². The molecule has 0 saturated heterocycles. The number of fused-ring (bicyclic) bond motifs is 6. The average molecular weight is 557 g/mol. The van der Waals surface area contributed by atoms with Gasteiger partial charge in [-0.05, 0) is 99.4 Å². The summed E-state index contributed by atoms with van der Waals surface area (Å²) in [5.41, 5.74) is 7.63. The molecule has 44 heavy (non-hydrogen) atoms. The summed E-state index contributed by atoms with van der Waals surface area (Å²) in [4.78, 5) is 0. The summed E-state index contributed by atoms with van der Waals surface area (Å²) in [5.74, 6) is 0. The van der Waals surface area contributed by atoms with E-state index in [4.69, 9.17) is 0 Å². The zero-order chi connectivity index (χ0) is 29.0. The SMILES string of the molecule is c1ccc(-c2c3ccccc3c(-c3ccc4cc(-c5cccc6ccccc56)c5ccccc5c4c3)c3ccccc23)cc1. The fourth-order valence-electron chi connectivity index (χ4n) is 7.30. The molecule has 204 valence electrons. The maximum absolute atomic E-state index is 2.42. The topological polar surface area (TPSA) is 0 Å². The number of hydrogen-bond acceptors (Lipinski definition) is 0. The normalized spacial score (nSPS) is 11.6. The monoisotopic (exact) mass is 556 g/mol. The van der Waals surface area contributed by atoms with Crippen LogP contribution in [0.5, 0.6) is 0 Å². The average Bonchev–Trinajstić information content (AvgIpc) is 3.10. The van der Waals surface area contributed by atoms with Crippen LogP contribution in [0, 0.1) is 0 Å². The van der Waals surface area contributed by atoms with Crippen LogP contribution in [0.3, 0.4) is 0 Å². The lowest BCUT2D eigenvalue weighted by Crippen LogP contribution is -1.91. The number of hydrogen-bond donors (Lipinski definition) is 0. The molecule has 9 aromatic rings. The molecule has 0 aliphatic heterocycles. The van der Waals surface area contributed by atoms with Crippen molar-refractivity contribution in [1.29, 1.82) is 0 Å². The minimum atomic E-state index is 1.24. The van der Waals surface area contributed by atoms with Gasteiger partial charge in [-0.2, -0.15) is 0 Å². The Kier molecular flexibility index (Phi) is 5.61. The fourth-order valence-corrected chi connectivity index (χ4v) is 7.30. The van der Waals surface area contributed by atoms with Crippen LogP contribution in [0.15, 0.2) is 170 Å². The molecule has 0 saturated carbocycles. The highest BCUT2D eigenvalue weighted by atomic mass is 14.2. The Morgan fingerprint density at radius 2 is 0.750 bits per heavy atom. The molecule has 0 unspecified atom stereocenters. The molecular formula is C44H28. The third-order valence-corrected chi connectivity index (χ3v) is 9.22. The molecule has 9 rings (SSSR count).